The Kier molecular flexibility index (Phi) is 6.04. The highest BCUT2D eigenvalue weighted by molar-refractivity contribution is 5.95. The minimum absolute atomic E-state index is 0.134. The summed E-state index contributed by atoms with van der Waals surface area (Å²) in [7, 11) is 1.89. The third-order valence-corrected chi connectivity index (χ3v) is 4.31. The fraction of sp³-hybridized carbons (Fsp3) is 0.500. The summed E-state index contributed by atoms with van der Waals surface area (Å²) in [5, 5.41) is 3.12. The van der Waals surface area contributed by atoms with Gasteiger partial charge in [0.1, 0.15) is 0 Å². The lowest BCUT2D eigenvalue weighted by molar-refractivity contribution is -0.137. The van der Waals surface area contributed by atoms with E-state index in [9.17, 15) is 18.0 Å². The molecule has 1 aliphatic rings. The number of halogens is 3. The Labute approximate surface area is 140 Å². The van der Waals surface area contributed by atoms with Crippen molar-refractivity contribution >= 4 is 11.5 Å². The second-order valence-corrected chi connectivity index (χ2v) is 6.26. The van der Waals surface area contributed by atoms with Crippen LogP contribution in [0.5, 0.6) is 0 Å². The molecule has 1 saturated heterocycles. The van der Waals surface area contributed by atoms with Crippen molar-refractivity contribution in [3.05, 3.63) is 41.5 Å². The number of hydrogen-bond donors (Lipinski definition) is 1. The largest absolute Gasteiger partial charge is 0.416 e. The molecule has 24 heavy (non-hydrogen) atoms. The number of allylic oxidation sites excluding steroid dienone is 1. The molecule has 1 aromatic carbocycles. The van der Waals surface area contributed by atoms with Crippen LogP contribution < -0.4 is 5.32 Å². The SMILES string of the molecule is CNCC1CCCN(C(=O)/C=C(\C)c2cccc(C(F)(F)F)c2)C1. The Morgan fingerprint density at radius 3 is 2.83 bits per heavy atom. The molecule has 1 unspecified atom stereocenters. The average Bonchev–Trinajstić information content (AvgIpc) is 2.54. The summed E-state index contributed by atoms with van der Waals surface area (Å²) >= 11 is 0. The molecule has 132 valence electrons. The van der Waals surface area contributed by atoms with E-state index in [0.29, 0.717) is 30.1 Å². The third-order valence-electron chi connectivity index (χ3n) is 4.31. The van der Waals surface area contributed by atoms with Gasteiger partial charge in [-0.2, -0.15) is 13.2 Å². The highest BCUT2D eigenvalue weighted by atomic mass is 19.4. The van der Waals surface area contributed by atoms with Crippen LogP contribution in [0, 0.1) is 5.92 Å². The van der Waals surface area contributed by atoms with Crippen LogP contribution in [-0.4, -0.2) is 37.5 Å². The number of hydrogen-bond acceptors (Lipinski definition) is 2. The van der Waals surface area contributed by atoms with Crippen molar-refractivity contribution < 1.29 is 18.0 Å². The van der Waals surface area contributed by atoms with Gasteiger partial charge in [-0.1, -0.05) is 12.1 Å². The van der Waals surface area contributed by atoms with Crippen molar-refractivity contribution in [3.8, 4) is 0 Å². The first kappa shape index (κ1) is 18.5. The number of nitrogens with zero attached hydrogens (tertiary/aromatic N) is 1. The Balaban J connectivity index is 2.11. The van der Waals surface area contributed by atoms with Crippen LogP contribution in [0.25, 0.3) is 5.57 Å². The van der Waals surface area contributed by atoms with Crippen LogP contribution in [0.3, 0.4) is 0 Å². The van der Waals surface area contributed by atoms with Gasteiger partial charge in [-0.25, -0.2) is 0 Å². The van der Waals surface area contributed by atoms with Gasteiger partial charge in [0.05, 0.1) is 5.56 Å². The van der Waals surface area contributed by atoms with Gasteiger partial charge in [-0.15, -0.1) is 0 Å². The summed E-state index contributed by atoms with van der Waals surface area (Å²) in [5.41, 5.74) is 0.260. The van der Waals surface area contributed by atoms with Gasteiger partial charge in [0.2, 0.25) is 5.91 Å². The summed E-state index contributed by atoms with van der Waals surface area (Å²) in [4.78, 5) is 14.2. The van der Waals surface area contributed by atoms with Gasteiger partial charge < -0.3 is 10.2 Å². The molecule has 1 aliphatic heterocycles. The normalized spacial score (nSPS) is 19.5. The van der Waals surface area contributed by atoms with Crippen molar-refractivity contribution in [1.82, 2.24) is 10.2 Å². The fourth-order valence-corrected chi connectivity index (χ4v) is 3.02. The first-order chi connectivity index (χ1) is 11.3. The third kappa shape index (κ3) is 4.84. The van der Waals surface area contributed by atoms with E-state index >= 15 is 0 Å². The maximum Gasteiger partial charge on any atom is 0.416 e. The van der Waals surface area contributed by atoms with Crippen LogP contribution in [-0.2, 0) is 11.0 Å². The van der Waals surface area contributed by atoms with E-state index in [-0.39, 0.29) is 5.91 Å². The molecule has 0 saturated carbocycles. The van der Waals surface area contributed by atoms with Crippen LogP contribution in [0.4, 0.5) is 13.2 Å². The van der Waals surface area contributed by atoms with E-state index in [1.165, 1.54) is 12.1 Å². The Morgan fingerprint density at radius 2 is 2.17 bits per heavy atom. The molecule has 0 radical (unpaired) electrons. The van der Waals surface area contributed by atoms with Crippen LogP contribution in [0.1, 0.15) is 30.9 Å². The summed E-state index contributed by atoms with van der Waals surface area (Å²) in [6.45, 7) is 3.92. The van der Waals surface area contributed by atoms with E-state index in [0.717, 1.165) is 31.5 Å². The lowest BCUT2D eigenvalue weighted by Crippen LogP contribution is -2.41. The van der Waals surface area contributed by atoms with Crippen molar-refractivity contribution in [3.63, 3.8) is 0 Å². The number of piperidine rings is 1. The van der Waals surface area contributed by atoms with E-state index in [4.69, 9.17) is 0 Å². The summed E-state index contributed by atoms with van der Waals surface area (Å²) in [5.74, 6) is 0.292. The standard InChI is InChI=1S/C18H23F3N2O/c1-13(15-6-3-7-16(10-15)18(19,20)21)9-17(24)23-8-4-5-14(12-23)11-22-2/h3,6-7,9-10,14,22H,4-5,8,11-12H2,1-2H3/b13-9+. The molecule has 1 amide bonds. The molecular weight excluding hydrogens is 317 g/mol. The average molecular weight is 340 g/mol. The number of likely N-dealkylation sites (tertiary alicyclic amines) is 1. The van der Waals surface area contributed by atoms with Gasteiger partial charge in [0, 0.05) is 19.2 Å². The molecule has 0 aliphatic carbocycles. The molecule has 1 aromatic rings. The van der Waals surface area contributed by atoms with Gasteiger partial charge >= 0.3 is 6.18 Å². The Bertz CT molecular complexity index is 609. The zero-order chi connectivity index (χ0) is 17.7. The maximum atomic E-state index is 12.8. The predicted octanol–water partition coefficient (Wildman–Crippen LogP) is 3.57. The van der Waals surface area contributed by atoms with Gasteiger partial charge in [0.15, 0.2) is 0 Å². The number of alkyl halides is 3. The lowest BCUT2D eigenvalue weighted by atomic mass is 9.97. The summed E-state index contributed by atoms with van der Waals surface area (Å²) < 4.78 is 38.4. The number of carbonyl (C=O) groups excluding carboxylic acids is 1. The van der Waals surface area contributed by atoms with Crippen molar-refractivity contribution in [2.24, 2.45) is 5.92 Å². The van der Waals surface area contributed by atoms with Crippen LogP contribution in [0.2, 0.25) is 0 Å². The Morgan fingerprint density at radius 1 is 1.42 bits per heavy atom. The number of rotatable bonds is 4. The highest BCUT2D eigenvalue weighted by Crippen LogP contribution is 2.31. The molecule has 3 nitrogen and oxygen atoms in total. The highest BCUT2D eigenvalue weighted by Gasteiger charge is 2.30. The molecule has 6 heteroatoms. The monoisotopic (exact) mass is 340 g/mol. The van der Waals surface area contributed by atoms with E-state index in [1.807, 2.05) is 7.05 Å². The fourth-order valence-electron chi connectivity index (χ4n) is 3.02. The first-order valence-electron chi connectivity index (χ1n) is 8.10. The number of benzene rings is 1. The van der Waals surface area contributed by atoms with Crippen LogP contribution >= 0.6 is 0 Å². The number of nitrogens with one attached hydrogen (secondary N) is 1. The zero-order valence-corrected chi connectivity index (χ0v) is 14.0. The predicted molar refractivity (Wildman–Crippen MR) is 88.3 cm³/mol. The minimum Gasteiger partial charge on any atom is -0.339 e. The molecular formula is C18H23F3N2O. The van der Waals surface area contributed by atoms with Crippen molar-refractivity contribution in [2.45, 2.75) is 25.9 Å². The van der Waals surface area contributed by atoms with Crippen molar-refractivity contribution in [1.29, 1.82) is 0 Å². The lowest BCUT2D eigenvalue weighted by Gasteiger charge is -2.32. The Hall–Kier alpha value is -1.82. The maximum absolute atomic E-state index is 12.8. The van der Waals surface area contributed by atoms with Gasteiger partial charge in [-0.05, 0) is 62.5 Å². The quantitative estimate of drug-likeness (QED) is 0.850. The number of carbonyl (C=O) groups is 1. The van der Waals surface area contributed by atoms with Crippen molar-refractivity contribution in [2.75, 3.05) is 26.7 Å². The van der Waals surface area contributed by atoms with Gasteiger partial charge in [0.25, 0.3) is 0 Å². The second-order valence-electron chi connectivity index (χ2n) is 6.26. The van der Waals surface area contributed by atoms with E-state index in [1.54, 1.807) is 17.9 Å². The number of amides is 1. The summed E-state index contributed by atoms with van der Waals surface area (Å²) in [6, 6.07) is 5.07. The minimum atomic E-state index is -4.38. The molecule has 1 N–H and O–H groups in total. The van der Waals surface area contributed by atoms with E-state index in [2.05, 4.69) is 5.32 Å². The molecule has 0 aromatic heterocycles. The van der Waals surface area contributed by atoms with Gasteiger partial charge in [-0.3, -0.25) is 4.79 Å². The molecule has 1 fully saturated rings. The van der Waals surface area contributed by atoms with Crippen LogP contribution in [0.15, 0.2) is 30.3 Å². The molecule has 0 spiro atoms. The summed E-state index contributed by atoms with van der Waals surface area (Å²) in [6.07, 6.45) is -0.903. The molecule has 1 atom stereocenters. The molecule has 0 bridgehead atoms. The van der Waals surface area contributed by atoms with E-state index < -0.39 is 11.7 Å². The molecule has 2 rings (SSSR count). The zero-order valence-electron chi connectivity index (χ0n) is 14.0. The smallest absolute Gasteiger partial charge is 0.339 e. The molecule has 1 heterocycles. The second kappa shape index (κ2) is 7.83. The first-order valence-corrected chi connectivity index (χ1v) is 8.10. The topological polar surface area (TPSA) is 32.3 Å².